The molecule has 166 valence electrons. The van der Waals surface area contributed by atoms with E-state index in [9.17, 15) is 0 Å². The first-order chi connectivity index (χ1) is 14.7. The molecule has 0 aliphatic carbocycles. The molecule has 0 fully saturated rings. The molecule has 0 heterocycles. The van der Waals surface area contributed by atoms with Gasteiger partial charge in [0.05, 0.1) is 6.61 Å². The number of hydrogen-bond donors (Lipinski definition) is 1. The molecule has 1 N–H and O–H groups in total. The van der Waals surface area contributed by atoms with Gasteiger partial charge in [-0.3, -0.25) is 0 Å². The van der Waals surface area contributed by atoms with Crippen LogP contribution in [0.4, 0.5) is 0 Å². The number of para-hydroxylation sites is 1. The monoisotopic (exact) mass is 459 g/mol. The lowest BCUT2D eigenvalue weighted by Crippen LogP contribution is -2.26. The number of nitrogens with one attached hydrogen (secondary N) is 1. The van der Waals surface area contributed by atoms with Crippen LogP contribution in [-0.2, 0) is 19.6 Å². The first kappa shape index (κ1) is 25.1. The fourth-order valence-corrected chi connectivity index (χ4v) is 3.41. The Morgan fingerprint density at radius 3 is 2.32 bits per heavy atom. The molecule has 0 amide bonds. The maximum absolute atomic E-state index is 6.20. The maximum atomic E-state index is 6.20. The van der Waals surface area contributed by atoms with Gasteiger partial charge in [-0.25, -0.2) is 0 Å². The fourth-order valence-electron chi connectivity index (χ4n) is 3.28. The zero-order valence-corrected chi connectivity index (χ0v) is 19.7. The predicted octanol–water partition coefficient (Wildman–Crippen LogP) is 6.85. The second-order valence-electron chi connectivity index (χ2n) is 7.40. The van der Waals surface area contributed by atoms with Gasteiger partial charge in [0, 0.05) is 23.2 Å². The molecule has 1 atom stereocenters. The SMILES string of the molecule is CCOc1cccc(CNC(C)CCc2ccccc2)c1OCc1ccc(Cl)cc1.Cl. The van der Waals surface area contributed by atoms with Gasteiger partial charge in [0.15, 0.2) is 11.5 Å². The van der Waals surface area contributed by atoms with Crippen LogP contribution in [0, 0.1) is 0 Å². The number of aryl methyl sites for hydroxylation is 1. The Kier molecular flexibility index (Phi) is 10.7. The van der Waals surface area contributed by atoms with Crippen LogP contribution < -0.4 is 14.8 Å². The summed E-state index contributed by atoms with van der Waals surface area (Å²) >= 11 is 5.99. The lowest BCUT2D eigenvalue weighted by Gasteiger charge is -2.19. The van der Waals surface area contributed by atoms with Crippen LogP contribution in [0.25, 0.3) is 0 Å². The smallest absolute Gasteiger partial charge is 0.166 e. The number of benzene rings is 3. The van der Waals surface area contributed by atoms with E-state index in [-0.39, 0.29) is 12.4 Å². The van der Waals surface area contributed by atoms with Gasteiger partial charge >= 0.3 is 0 Å². The molecule has 0 saturated carbocycles. The van der Waals surface area contributed by atoms with E-state index in [1.165, 1.54) is 5.56 Å². The van der Waals surface area contributed by atoms with Gasteiger partial charge in [-0.1, -0.05) is 66.2 Å². The third-order valence-corrected chi connectivity index (χ3v) is 5.26. The second-order valence-corrected chi connectivity index (χ2v) is 7.84. The third kappa shape index (κ3) is 8.10. The molecule has 0 bridgehead atoms. The lowest BCUT2D eigenvalue weighted by molar-refractivity contribution is 0.265. The first-order valence-corrected chi connectivity index (χ1v) is 10.9. The van der Waals surface area contributed by atoms with Crippen molar-refractivity contribution in [3.63, 3.8) is 0 Å². The number of hydrogen-bond acceptors (Lipinski definition) is 3. The summed E-state index contributed by atoms with van der Waals surface area (Å²) < 4.78 is 12.0. The number of rotatable bonds is 11. The van der Waals surface area contributed by atoms with Crippen LogP contribution in [-0.4, -0.2) is 12.6 Å². The van der Waals surface area contributed by atoms with Crippen LogP contribution in [0.2, 0.25) is 5.02 Å². The molecule has 0 saturated heterocycles. The van der Waals surface area contributed by atoms with Crippen molar-refractivity contribution >= 4 is 24.0 Å². The largest absolute Gasteiger partial charge is 0.490 e. The van der Waals surface area contributed by atoms with Crippen molar-refractivity contribution in [3.05, 3.63) is 94.5 Å². The van der Waals surface area contributed by atoms with Gasteiger partial charge in [0.25, 0.3) is 0 Å². The molecule has 1 unspecified atom stereocenters. The molecule has 0 spiro atoms. The van der Waals surface area contributed by atoms with Crippen LogP contribution in [0.15, 0.2) is 72.8 Å². The molecule has 3 rings (SSSR count). The summed E-state index contributed by atoms with van der Waals surface area (Å²) in [6, 6.07) is 24.8. The maximum Gasteiger partial charge on any atom is 0.166 e. The van der Waals surface area contributed by atoms with E-state index >= 15 is 0 Å². The molecule has 0 aromatic heterocycles. The minimum Gasteiger partial charge on any atom is -0.490 e. The summed E-state index contributed by atoms with van der Waals surface area (Å²) in [4.78, 5) is 0. The normalized spacial score (nSPS) is 11.5. The molecular formula is C26H31Cl2NO2. The Bertz CT molecular complexity index is 901. The van der Waals surface area contributed by atoms with Crippen molar-refractivity contribution in [2.24, 2.45) is 0 Å². The molecule has 3 nitrogen and oxygen atoms in total. The zero-order chi connectivity index (χ0) is 21.2. The van der Waals surface area contributed by atoms with Gasteiger partial charge in [-0.05, 0) is 56.0 Å². The van der Waals surface area contributed by atoms with Gasteiger partial charge in [-0.2, -0.15) is 0 Å². The molecule has 0 radical (unpaired) electrons. The topological polar surface area (TPSA) is 30.5 Å². The minimum atomic E-state index is 0. The standard InChI is InChI=1S/C26H30ClNO2.ClH/c1-3-29-25-11-7-10-23(26(25)30-19-22-14-16-24(27)17-15-22)18-28-20(2)12-13-21-8-5-4-6-9-21;/h4-11,14-17,20,28H,3,12-13,18-19H2,1-2H3;1H. The molecule has 0 aliphatic heterocycles. The zero-order valence-electron chi connectivity index (χ0n) is 18.1. The highest BCUT2D eigenvalue weighted by Crippen LogP contribution is 2.32. The van der Waals surface area contributed by atoms with Crippen LogP contribution in [0.3, 0.4) is 0 Å². The highest BCUT2D eigenvalue weighted by molar-refractivity contribution is 6.30. The van der Waals surface area contributed by atoms with E-state index in [0.717, 1.165) is 47.0 Å². The molecule has 3 aromatic carbocycles. The third-order valence-electron chi connectivity index (χ3n) is 5.01. The van der Waals surface area contributed by atoms with Crippen LogP contribution in [0.1, 0.15) is 37.0 Å². The molecule has 3 aromatic rings. The summed E-state index contributed by atoms with van der Waals surface area (Å²) in [5.74, 6) is 1.58. The Morgan fingerprint density at radius 2 is 1.61 bits per heavy atom. The van der Waals surface area contributed by atoms with Crippen LogP contribution in [0.5, 0.6) is 11.5 Å². The minimum absolute atomic E-state index is 0. The molecule has 31 heavy (non-hydrogen) atoms. The van der Waals surface area contributed by atoms with Gasteiger partial charge in [0.1, 0.15) is 6.61 Å². The quantitative estimate of drug-likeness (QED) is 0.340. The fraction of sp³-hybridized carbons (Fsp3) is 0.308. The van der Waals surface area contributed by atoms with E-state index in [4.69, 9.17) is 21.1 Å². The number of halogens is 2. The van der Waals surface area contributed by atoms with Gasteiger partial charge in [0.2, 0.25) is 0 Å². The first-order valence-electron chi connectivity index (χ1n) is 10.5. The summed E-state index contributed by atoms with van der Waals surface area (Å²) in [5.41, 5.74) is 3.54. The van der Waals surface area contributed by atoms with Crippen molar-refractivity contribution < 1.29 is 9.47 Å². The average molecular weight is 460 g/mol. The van der Waals surface area contributed by atoms with E-state index in [1.807, 2.05) is 43.3 Å². The number of ether oxygens (including phenoxy) is 2. The van der Waals surface area contributed by atoms with E-state index in [0.29, 0.717) is 19.3 Å². The van der Waals surface area contributed by atoms with Gasteiger partial charge in [-0.15, -0.1) is 12.4 Å². The van der Waals surface area contributed by atoms with Crippen molar-refractivity contribution in [2.45, 2.75) is 45.9 Å². The average Bonchev–Trinajstić information content (AvgIpc) is 2.77. The van der Waals surface area contributed by atoms with Crippen LogP contribution >= 0.6 is 24.0 Å². The summed E-state index contributed by atoms with van der Waals surface area (Å²) in [6.45, 7) is 6.01. The van der Waals surface area contributed by atoms with E-state index in [2.05, 4.69) is 48.6 Å². The molecule has 0 aliphatic rings. The Balaban J connectivity index is 0.00000341. The molecule has 5 heteroatoms. The summed E-state index contributed by atoms with van der Waals surface area (Å²) in [7, 11) is 0. The molecular weight excluding hydrogens is 429 g/mol. The van der Waals surface area contributed by atoms with Crippen molar-refractivity contribution in [1.29, 1.82) is 0 Å². The van der Waals surface area contributed by atoms with E-state index < -0.39 is 0 Å². The summed E-state index contributed by atoms with van der Waals surface area (Å²) in [5, 5.41) is 4.36. The second kappa shape index (κ2) is 13.3. The predicted molar refractivity (Wildman–Crippen MR) is 132 cm³/mol. The van der Waals surface area contributed by atoms with Crippen molar-refractivity contribution in [3.8, 4) is 11.5 Å². The lowest BCUT2D eigenvalue weighted by atomic mass is 10.1. The Labute approximate surface area is 197 Å². The summed E-state index contributed by atoms with van der Waals surface area (Å²) in [6.07, 6.45) is 2.14. The Morgan fingerprint density at radius 1 is 0.871 bits per heavy atom. The van der Waals surface area contributed by atoms with E-state index in [1.54, 1.807) is 0 Å². The highest BCUT2D eigenvalue weighted by Gasteiger charge is 2.13. The van der Waals surface area contributed by atoms with Crippen molar-refractivity contribution in [1.82, 2.24) is 5.32 Å². The highest BCUT2D eigenvalue weighted by atomic mass is 35.5. The van der Waals surface area contributed by atoms with Gasteiger partial charge < -0.3 is 14.8 Å². The Hall–Kier alpha value is -2.20. The van der Waals surface area contributed by atoms with Crippen molar-refractivity contribution in [2.75, 3.05) is 6.61 Å².